The topological polar surface area (TPSA) is 41.6 Å². The molecule has 0 atom stereocenters. The lowest BCUT2D eigenvalue weighted by Crippen LogP contribution is -2.32. The molecule has 0 amide bonds. The van der Waals surface area contributed by atoms with Crippen LogP contribution in [0, 0.1) is 5.92 Å². The number of nitrogens with zero attached hydrogens (tertiary/aromatic N) is 2. The van der Waals surface area contributed by atoms with Gasteiger partial charge in [0.1, 0.15) is 5.84 Å². The van der Waals surface area contributed by atoms with Crippen molar-refractivity contribution in [2.75, 3.05) is 23.7 Å². The van der Waals surface area contributed by atoms with Crippen molar-refractivity contribution >= 4 is 17.2 Å². The molecular formula is C14H19N3. The minimum absolute atomic E-state index is 0.690. The van der Waals surface area contributed by atoms with E-state index >= 15 is 0 Å². The van der Waals surface area contributed by atoms with Gasteiger partial charge in [0.15, 0.2) is 0 Å². The number of rotatable bonds is 2. The number of aliphatic imine (C=N–C) groups is 1. The van der Waals surface area contributed by atoms with E-state index in [0.717, 1.165) is 18.8 Å². The standard InChI is InChI=1S/C14H19N3/c15-12-5-7-13(8-6-12)17-10-9-16-14(17)11-3-1-2-4-11/h5-8,11H,1-4,9-10,15H2. The molecule has 1 aliphatic heterocycles. The van der Waals surface area contributed by atoms with Crippen molar-refractivity contribution in [1.29, 1.82) is 0 Å². The molecule has 1 fully saturated rings. The summed E-state index contributed by atoms with van der Waals surface area (Å²) in [7, 11) is 0. The second-order valence-electron chi connectivity index (χ2n) is 4.96. The van der Waals surface area contributed by atoms with Gasteiger partial charge in [-0.2, -0.15) is 0 Å². The lowest BCUT2D eigenvalue weighted by Gasteiger charge is -2.24. The fourth-order valence-corrected chi connectivity index (χ4v) is 2.91. The molecule has 17 heavy (non-hydrogen) atoms. The van der Waals surface area contributed by atoms with Crippen LogP contribution in [0.4, 0.5) is 11.4 Å². The van der Waals surface area contributed by atoms with Crippen LogP contribution in [0.2, 0.25) is 0 Å². The van der Waals surface area contributed by atoms with Crippen LogP contribution < -0.4 is 10.6 Å². The molecule has 3 nitrogen and oxygen atoms in total. The van der Waals surface area contributed by atoms with E-state index in [-0.39, 0.29) is 0 Å². The van der Waals surface area contributed by atoms with E-state index in [9.17, 15) is 0 Å². The van der Waals surface area contributed by atoms with Gasteiger partial charge in [0, 0.05) is 23.8 Å². The smallest absolute Gasteiger partial charge is 0.107 e. The monoisotopic (exact) mass is 229 g/mol. The molecule has 2 N–H and O–H groups in total. The van der Waals surface area contributed by atoms with E-state index in [4.69, 9.17) is 10.7 Å². The first-order valence-electron chi connectivity index (χ1n) is 6.52. The van der Waals surface area contributed by atoms with Crippen molar-refractivity contribution in [3.8, 4) is 0 Å². The summed E-state index contributed by atoms with van der Waals surface area (Å²) >= 11 is 0. The van der Waals surface area contributed by atoms with Gasteiger partial charge < -0.3 is 10.6 Å². The molecule has 3 rings (SSSR count). The zero-order valence-corrected chi connectivity index (χ0v) is 10.1. The Balaban J connectivity index is 1.83. The Kier molecular flexibility index (Phi) is 2.75. The summed E-state index contributed by atoms with van der Waals surface area (Å²) in [6.45, 7) is 1.96. The Morgan fingerprint density at radius 3 is 2.53 bits per heavy atom. The predicted molar refractivity (Wildman–Crippen MR) is 72.5 cm³/mol. The van der Waals surface area contributed by atoms with Gasteiger partial charge in [-0.1, -0.05) is 12.8 Å². The highest BCUT2D eigenvalue weighted by molar-refractivity contribution is 6.01. The summed E-state index contributed by atoms with van der Waals surface area (Å²) < 4.78 is 0. The first-order chi connectivity index (χ1) is 8.34. The summed E-state index contributed by atoms with van der Waals surface area (Å²) in [6.07, 6.45) is 5.34. The van der Waals surface area contributed by atoms with Crippen LogP contribution in [0.15, 0.2) is 29.3 Å². The Morgan fingerprint density at radius 2 is 1.82 bits per heavy atom. The molecule has 0 spiro atoms. The molecule has 0 bridgehead atoms. The first kappa shape index (κ1) is 10.6. The summed E-state index contributed by atoms with van der Waals surface area (Å²) in [6, 6.07) is 8.15. The van der Waals surface area contributed by atoms with Crippen molar-refractivity contribution in [3.63, 3.8) is 0 Å². The normalized spacial score (nSPS) is 20.9. The van der Waals surface area contributed by atoms with Crippen LogP contribution in [-0.2, 0) is 0 Å². The third-order valence-corrected chi connectivity index (χ3v) is 3.80. The highest BCUT2D eigenvalue weighted by atomic mass is 15.2. The molecule has 1 heterocycles. The van der Waals surface area contributed by atoms with Crippen molar-refractivity contribution in [2.45, 2.75) is 25.7 Å². The first-order valence-corrected chi connectivity index (χ1v) is 6.52. The van der Waals surface area contributed by atoms with E-state index in [0.29, 0.717) is 5.92 Å². The van der Waals surface area contributed by atoms with E-state index < -0.39 is 0 Å². The molecule has 3 heteroatoms. The Bertz CT molecular complexity index is 416. The number of hydrogen-bond acceptors (Lipinski definition) is 3. The fourth-order valence-electron chi connectivity index (χ4n) is 2.91. The van der Waals surface area contributed by atoms with Gasteiger partial charge in [0.25, 0.3) is 0 Å². The molecule has 2 aliphatic rings. The molecule has 0 aromatic heterocycles. The Labute approximate surface area is 102 Å². The molecule has 0 unspecified atom stereocenters. The maximum absolute atomic E-state index is 5.73. The number of hydrogen-bond donors (Lipinski definition) is 1. The highest BCUT2D eigenvalue weighted by Gasteiger charge is 2.28. The third kappa shape index (κ3) is 2.02. The minimum atomic E-state index is 0.690. The zero-order valence-electron chi connectivity index (χ0n) is 10.1. The highest BCUT2D eigenvalue weighted by Crippen LogP contribution is 2.31. The van der Waals surface area contributed by atoms with Gasteiger partial charge in [-0.25, -0.2) is 0 Å². The summed E-state index contributed by atoms with van der Waals surface area (Å²) in [5, 5.41) is 0. The number of nitrogen functional groups attached to an aromatic ring is 1. The summed E-state index contributed by atoms with van der Waals surface area (Å²) in [5.74, 6) is 2.00. The van der Waals surface area contributed by atoms with Gasteiger partial charge >= 0.3 is 0 Å². The second kappa shape index (κ2) is 4.40. The van der Waals surface area contributed by atoms with Gasteiger partial charge in [0.2, 0.25) is 0 Å². The van der Waals surface area contributed by atoms with Gasteiger partial charge in [-0.05, 0) is 37.1 Å². The lowest BCUT2D eigenvalue weighted by atomic mass is 10.1. The number of amidine groups is 1. The Morgan fingerprint density at radius 1 is 1.12 bits per heavy atom. The van der Waals surface area contributed by atoms with Crippen LogP contribution in [0.25, 0.3) is 0 Å². The van der Waals surface area contributed by atoms with Crippen LogP contribution >= 0.6 is 0 Å². The van der Waals surface area contributed by atoms with Gasteiger partial charge in [-0.3, -0.25) is 4.99 Å². The molecule has 90 valence electrons. The quantitative estimate of drug-likeness (QED) is 0.792. The third-order valence-electron chi connectivity index (χ3n) is 3.80. The molecule has 0 saturated heterocycles. The van der Waals surface area contributed by atoms with Crippen LogP contribution in [-0.4, -0.2) is 18.9 Å². The number of benzene rings is 1. The molecular weight excluding hydrogens is 210 g/mol. The molecule has 0 radical (unpaired) electrons. The molecule has 1 aromatic carbocycles. The van der Waals surface area contributed by atoms with E-state index in [1.165, 1.54) is 37.2 Å². The maximum Gasteiger partial charge on any atom is 0.107 e. The van der Waals surface area contributed by atoms with Gasteiger partial charge in [0.05, 0.1) is 6.54 Å². The zero-order chi connectivity index (χ0) is 11.7. The molecule has 1 aliphatic carbocycles. The van der Waals surface area contributed by atoms with Crippen molar-refractivity contribution in [1.82, 2.24) is 0 Å². The van der Waals surface area contributed by atoms with Crippen LogP contribution in [0.5, 0.6) is 0 Å². The summed E-state index contributed by atoms with van der Waals surface area (Å²) in [5.41, 5.74) is 7.80. The lowest BCUT2D eigenvalue weighted by molar-refractivity contribution is 0.719. The minimum Gasteiger partial charge on any atom is -0.399 e. The maximum atomic E-state index is 5.73. The fraction of sp³-hybridized carbons (Fsp3) is 0.500. The average molecular weight is 229 g/mol. The number of anilines is 2. The largest absolute Gasteiger partial charge is 0.399 e. The summed E-state index contributed by atoms with van der Waals surface area (Å²) in [4.78, 5) is 7.08. The second-order valence-corrected chi connectivity index (χ2v) is 4.96. The SMILES string of the molecule is Nc1ccc(N2CCN=C2C2CCCC2)cc1. The Hall–Kier alpha value is -1.51. The number of nitrogens with two attached hydrogens (primary N) is 1. The van der Waals surface area contributed by atoms with Crippen molar-refractivity contribution < 1.29 is 0 Å². The van der Waals surface area contributed by atoms with Crippen molar-refractivity contribution in [2.24, 2.45) is 10.9 Å². The predicted octanol–water partition coefficient (Wildman–Crippen LogP) is 2.68. The van der Waals surface area contributed by atoms with E-state index in [1.807, 2.05) is 12.1 Å². The molecule has 1 saturated carbocycles. The van der Waals surface area contributed by atoms with Crippen LogP contribution in [0.3, 0.4) is 0 Å². The van der Waals surface area contributed by atoms with Crippen molar-refractivity contribution in [3.05, 3.63) is 24.3 Å². The average Bonchev–Trinajstić information content (AvgIpc) is 3.00. The van der Waals surface area contributed by atoms with E-state index in [2.05, 4.69) is 17.0 Å². The van der Waals surface area contributed by atoms with Crippen LogP contribution in [0.1, 0.15) is 25.7 Å². The van der Waals surface area contributed by atoms with E-state index in [1.54, 1.807) is 0 Å². The molecule has 1 aromatic rings. The van der Waals surface area contributed by atoms with Gasteiger partial charge in [-0.15, -0.1) is 0 Å².